The normalized spacial score (nSPS) is 11.9. The van der Waals surface area contributed by atoms with Gasteiger partial charge in [-0.15, -0.1) is 0 Å². The summed E-state index contributed by atoms with van der Waals surface area (Å²) in [5.41, 5.74) is 0.664. The van der Waals surface area contributed by atoms with Crippen LogP contribution in [0.15, 0.2) is 53.3 Å². The molecule has 0 aliphatic heterocycles. The maximum absolute atomic E-state index is 12.3. The third-order valence-electron chi connectivity index (χ3n) is 2.68. The lowest BCUT2D eigenvalue weighted by molar-refractivity contribution is 0.0786. The predicted octanol–water partition coefficient (Wildman–Crippen LogP) is 3.88. The van der Waals surface area contributed by atoms with Crippen molar-refractivity contribution in [1.29, 1.82) is 0 Å². The second kappa shape index (κ2) is 6.48. The summed E-state index contributed by atoms with van der Waals surface area (Å²) < 4.78 is 6.54. The smallest absolute Gasteiger partial charge is 0.203 e. The fourth-order valence-corrected chi connectivity index (χ4v) is 2.08. The number of halogens is 1. The van der Waals surface area contributed by atoms with E-state index in [-0.39, 0.29) is 5.78 Å². The third kappa shape index (κ3) is 3.64. The number of rotatable bonds is 5. The van der Waals surface area contributed by atoms with Gasteiger partial charge in [0.15, 0.2) is 6.10 Å². The molecule has 0 amide bonds. The fraction of sp³-hybridized carbons (Fsp3) is 0.200. The highest BCUT2D eigenvalue weighted by atomic mass is 79.9. The third-order valence-corrected chi connectivity index (χ3v) is 3.11. The molecule has 0 saturated heterocycles. The Morgan fingerprint density at radius 2 is 2.05 bits per heavy atom. The molecule has 0 aliphatic rings. The standard InChI is InChI=1S/C15H14BrNO2/c1-2-14(15(18)11-6-4-3-5-7-11)19-13-8-12(16)9-17-10-13/h3-10,14H,2H2,1H3. The molecule has 2 aromatic rings. The molecular formula is C15H14BrNO2. The number of hydrogen-bond acceptors (Lipinski definition) is 3. The molecule has 0 radical (unpaired) electrons. The summed E-state index contributed by atoms with van der Waals surface area (Å²) in [5, 5.41) is 0. The lowest BCUT2D eigenvalue weighted by Gasteiger charge is -2.16. The van der Waals surface area contributed by atoms with Crippen molar-refractivity contribution in [2.24, 2.45) is 0 Å². The van der Waals surface area contributed by atoms with Gasteiger partial charge in [-0.2, -0.15) is 0 Å². The molecule has 0 spiro atoms. The first-order valence-corrected chi connectivity index (χ1v) is 6.86. The molecule has 1 aromatic carbocycles. The maximum atomic E-state index is 12.3. The Balaban J connectivity index is 2.15. The van der Waals surface area contributed by atoms with Crippen molar-refractivity contribution in [3.8, 4) is 5.75 Å². The van der Waals surface area contributed by atoms with Crippen molar-refractivity contribution >= 4 is 21.7 Å². The van der Waals surface area contributed by atoms with Crippen molar-refractivity contribution in [3.63, 3.8) is 0 Å². The van der Waals surface area contributed by atoms with Gasteiger partial charge in [0.2, 0.25) is 5.78 Å². The van der Waals surface area contributed by atoms with Crippen LogP contribution in [0.25, 0.3) is 0 Å². The number of ketones is 1. The summed E-state index contributed by atoms with van der Waals surface area (Å²) in [6, 6.07) is 11.0. The van der Waals surface area contributed by atoms with Gasteiger partial charge in [0.05, 0.1) is 6.20 Å². The Kier molecular flexibility index (Phi) is 4.68. The van der Waals surface area contributed by atoms with Crippen LogP contribution in [-0.2, 0) is 0 Å². The molecule has 0 saturated carbocycles. The zero-order valence-electron chi connectivity index (χ0n) is 10.5. The van der Waals surface area contributed by atoms with Crippen molar-refractivity contribution in [2.45, 2.75) is 19.4 Å². The van der Waals surface area contributed by atoms with Crippen LogP contribution in [0.2, 0.25) is 0 Å². The number of Topliss-reactive ketones (excluding diaryl/α,β-unsaturated/α-hetero) is 1. The van der Waals surface area contributed by atoms with Gasteiger partial charge in [0, 0.05) is 16.2 Å². The fourth-order valence-electron chi connectivity index (χ4n) is 1.73. The van der Waals surface area contributed by atoms with Crippen LogP contribution in [0.3, 0.4) is 0 Å². The highest BCUT2D eigenvalue weighted by Crippen LogP contribution is 2.19. The van der Waals surface area contributed by atoms with Crippen LogP contribution in [0.4, 0.5) is 0 Å². The van der Waals surface area contributed by atoms with Crippen LogP contribution in [0, 0.1) is 0 Å². The topological polar surface area (TPSA) is 39.2 Å². The van der Waals surface area contributed by atoms with Gasteiger partial charge in [0.1, 0.15) is 5.75 Å². The average molecular weight is 320 g/mol. The van der Waals surface area contributed by atoms with E-state index >= 15 is 0 Å². The van der Waals surface area contributed by atoms with Crippen molar-refractivity contribution in [2.75, 3.05) is 0 Å². The molecule has 0 fully saturated rings. The quantitative estimate of drug-likeness (QED) is 0.785. The maximum Gasteiger partial charge on any atom is 0.203 e. The van der Waals surface area contributed by atoms with Gasteiger partial charge in [0.25, 0.3) is 0 Å². The largest absolute Gasteiger partial charge is 0.481 e. The molecule has 0 N–H and O–H groups in total. The highest BCUT2D eigenvalue weighted by Gasteiger charge is 2.20. The minimum Gasteiger partial charge on any atom is -0.481 e. The molecule has 0 aliphatic carbocycles. The van der Waals surface area contributed by atoms with E-state index in [0.29, 0.717) is 17.7 Å². The second-order valence-corrected chi connectivity index (χ2v) is 5.00. The predicted molar refractivity (Wildman–Crippen MR) is 77.4 cm³/mol. The minimum atomic E-state index is -0.488. The van der Waals surface area contributed by atoms with E-state index in [2.05, 4.69) is 20.9 Å². The van der Waals surface area contributed by atoms with Gasteiger partial charge in [-0.05, 0) is 28.4 Å². The Labute approximate surface area is 120 Å². The highest BCUT2D eigenvalue weighted by molar-refractivity contribution is 9.10. The molecule has 1 aromatic heterocycles. The van der Waals surface area contributed by atoms with Crippen molar-refractivity contribution in [1.82, 2.24) is 4.98 Å². The number of benzene rings is 1. The number of nitrogens with zero attached hydrogens (tertiary/aromatic N) is 1. The van der Waals surface area contributed by atoms with E-state index in [9.17, 15) is 4.79 Å². The SMILES string of the molecule is CCC(Oc1cncc(Br)c1)C(=O)c1ccccc1. The molecule has 0 bridgehead atoms. The summed E-state index contributed by atoms with van der Waals surface area (Å²) in [6.45, 7) is 1.93. The molecule has 19 heavy (non-hydrogen) atoms. The van der Waals surface area contributed by atoms with E-state index in [0.717, 1.165) is 4.47 Å². The monoisotopic (exact) mass is 319 g/mol. The number of carbonyl (C=O) groups is 1. The zero-order valence-corrected chi connectivity index (χ0v) is 12.1. The first-order chi connectivity index (χ1) is 9.20. The molecule has 3 nitrogen and oxygen atoms in total. The molecular weight excluding hydrogens is 306 g/mol. The summed E-state index contributed by atoms with van der Waals surface area (Å²) in [6.07, 6.45) is 3.40. The molecule has 98 valence electrons. The van der Waals surface area contributed by atoms with Crippen LogP contribution in [0.5, 0.6) is 5.75 Å². The Hall–Kier alpha value is -1.68. The second-order valence-electron chi connectivity index (χ2n) is 4.08. The Bertz CT molecular complexity index is 557. The van der Waals surface area contributed by atoms with Gasteiger partial charge < -0.3 is 4.74 Å². The van der Waals surface area contributed by atoms with Gasteiger partial charge in [-0.3, -0.25) is 9.78 Å². The lowest BCUT2D eigenvalue weighted by atomic mass is 10.0. The molecule has 2 rings (SSSR count). The van der Waals surface area contributed by atoms with Crippen LogP contribution in [0.1, 0.15) is 23.7 Å². The van der Waals surface area contributed by atoms with E-state index in [4.69, 9.17) is 4.74 Å². The lowest BCUT2D eigenvalue weighted by Crippen LogP contribution is -2.26. The Morgan fingerprint density at radius 1 is 1.32 bits per heavy atom. The molecule has 4 heteroatoms. The van der Waals surface area contributed by atoms with Crippen LogP contribution >= 0.6 is 15.9 Å². The Morgan fingerprint density at radius 3 is 2.68 bits per heavy atom. The van der Waals surface area contributed by atoms with Gasteiger partial charge in [-0.1, -0.05) is 37.3 Å². The molecule has 1 unspecified atom stereocenters. The number of hydrogen-bond donors (Lipinski definition) is 0. The van der Waals surface area contributed by atoms with Crippen molar-refractivity contribution in [3.05, 3.63) is 58.8 Å². The van der Waals surface area contributed by atoms with Crippen LogP contribution < -0.4 is 4.74 Å². The number of aromatic nitrogens is 1. The summed E-state index contributed by atoms with van der Waals surface area (Å²) in [4.78, 5) is 16.3. The van der Waals surface area contributed by atoms with E-state index in [1.165, 1.54) is 0 Å². The van der Waals surface area contributed by atoms with Gasteiger partial charge in [-0.25, -0.2) is 0 Å². The summed E-state index contributed by atoms with van der Waals surface area (Å²) >= 11 is 3.33. The summed E-state index contributed by atoms with van der Waals surface area (Å²) in [7, 11) is 0. The minimum absolute atomic E-state index is 0.0110. The average Bonchev–Trinajstić information content (AvgIpc) is 2.45. The first kappa shape index (κ1) is 13.7. The van der Waals surface area contributed by atoms with Gasteiger partial charge >= 0.3 is 0 Å². The van der Waals surface area contributed by atoms with E-state index < -0.39 is 6.10 Å². The number of carbonyl (C=O) groups excluding carboxylic acids is 1. The summed E-state index contributed by atoms with van der Waals surface area (Å²) in [5.74, 6) is 0.577. The number of pyridine rings is 1. The molecule has 1 heterocycles. The molecule has 1 atom stereocenters. The first-order valence-electron chi connectivity index (χ1n) is 6.07. The van der Waals surface area contributed by atoms with E-state index in [1.807, 2.05) is 25.1 Å². The van der Waals surface area contributed by atoms with Crippen molar-refractivity contribution < 1.29 is 9.53 Å². The van der Waals surface area contributed by atoms with E-state index in [1.54, 1.807) is 30.6 Å². The van der Waals surface area contributed by atoms with Crippen LogP contribution in [-0.4, -0.2) is 16.9 Å². The zero-order chi connectivity index (χ0) is 13.7. The number of ether oxygens (including phenoxy) is 1.